The van der Waals surface area contributed by atoms with Gasteiger partial charge in [0.1, 0.15) is 12.2 Å². The lowest BCUT2D eigenvalue weighted by atomic mass is 10.1. The zero-order valence-corrected chi connectivity index (χ0v) is 21.0. The lowest BCUT2D eigenvalue weighted by Gasteiger charge is -2.32. The number of sulfonamides is 1. The van der Waals surface area contributed by atoms with Crippen molar-refractivity contribution < 1.29 is 31.1 Å². The van der Waals surface area contributed by atoms with Crippen molar-refractivity contribution in [1.29, 1.82) is 0 Å². The first-order chi connectivity index (χ1) is 15.8. The molecule has 190 valence electrons. The number of piperidine rings is 1. The van der Waals surface area contributed by atoms with Gasteiger partial charge in [-0.15, -0.1) is 0 Å². The Bertz CT molecular complexity index is 1120. The van der Waals surface area contributed by atoms with E-state index in [1.165, 1.54) is 6.20 Å². The molecule has 1 unspecified atom stereocenters. The molecule has 0 radical (unpaired) electrons. The Morgan fingerprint density at radius 2 is 2.06 bits per heavy atom. The van der Waals surface area contributed by atoms with E-state index < -0.39 is 42.2 Å². The number of fused-ring (bicyclic) bond motifs is 1. The molecule has 1 atom stereocenters. The van der Waals surface area contributed by atoms with Crippen LogP contribution in [0.5, 0.6) is 0 Å². The molecule has 1 aliphatic heterocycles. The van der Waals surface area contributed by atoms with E-state index in [0.29, 0.717) is 35.2 Å². The number of hydrogen-bond donors (Lipinski definition) is 2. The molecule has 15 heteroatoms. The maximum absolute atomic E-state index is 12.8. The summed E-state index contributed by atoms with van der Waals surface area (Å²) in [7, 11) is -6.62. The number of rotatable bonds is 8. The molecular formula is C19H29F3N6O4SSi. The number of anilines is 1. The van der Waals surface area contributed by atoms with Crippen LogP contribution in [0.15, 0.2) is 18.5 Å². The second-order valence-electron chi connectivity index (χ2n) is 9.34. The summed E-state index contributed by atoms with van der Waals surface area (Å²) < 4.78 is 69.5. The average molecular weight is 523 g/mol. The van der Waals surface area contributed by atoms with E-state index in [2.05, 4.69) is 40.2 Å². The van der Waals surface area contributed by atoms with Crippen LogP contribution in [0.4, 0.5) is 23.8 Å². The van der Waals surface area contributed by atoms with E-state index in [4.69, 9.17) is 4.74 Å². The predicted octanol–water partition coefficient (Wildman–Crippen LogP) is 3.18. The number of urea groups is 1. The van der Waals surface area contributed by atoms with Gasteiger partial charge in [0.25, 0.3) is 0 Å². The molecule has 0 spiro atoms. The molecule has 0 saturated carbocycles. The van der Waals surface area contributed by atoms with Crippen molar-refractivity contribution in [3.8, 4) is 0 Å². The monoisotopic (exact) mass is 522 g/mol. The summed E-state index contributed by atoms with van der Waals surface area (Å²) in [5, 5.41) is 5.00. The molecule has 1 fully saturated rings. The van der Waals surface area contributed by atoms with Gasteiger partial charge in [-0.2, -0.15) is 17.5 Å². The predicted molar refractivity (Wildman–Crippen MR) is 123 cm³/mol. The fraction of sp³-hybridized carbons (Fsp3) is 0.632. The van der Waals surface area contributed by atoms with Gasteiger partial charge in [0.05, 0.1) is 6.20 Å². The summed E-state index contributed by atoms with van der Waals surface area (Å²) in [6.45, 7) is 7.09. The number of carbonyl (C=O) groups excluding carboxylic acids is 1. The molecule has 2 N–H and O–H groups in total. The van der Waals surface area contributed by atoms with E-state index >= 15 is 0 Å². The zero-order chi connectivity index (χ0) is 25.1. The SMILES string of the molecule is C[Si](C)(C)CCOCn1ccc2nc(NC(=O)NC3CCCN(S(=O)(=O)C(F)(F)F)C3)cnc21. The molecule has 2 aromatic heterocycles. The largest absolute Gasteiger partial charge is 0.511 e. The Hall–Kier alpha value is -2.23. The number of aromatic nitrogens is 3. The van der Waals surface area contributed by atoms with Gasteiger partial charge in [-0.25, -0.2) is 23.2 Å². The summed E-state index contributed by atoms with van der Waals surface area (Å²) in [6, 6.07) is 1.30. The highest BCUT2D eigenvalue weighted by molar-refractivity contribution is 7.90. The topological polar surface area (TPSA) is 118 Å². The molecule has 0 aromatic carbocycles. The highest BCUT2D eigenvalue weighted by atomic mass is 32.2. The van der Waals surface area contributed by atoms with Crippen molar-refractivity contribution in [1.82, 2.24) is 24.2 Å². The highest BCUT2D eigenvalue weighted by Gasteiger charge is 2.50. The molecule has 34 heavy (non-hydrogen) atoms. The van der Waals surface area contributed by atoms with Crippen molar-refractivity contribution in [2.24, 2.45) is 0 Å². The van der Waals surface area contributed by atoms with Crippen LogP contribution in [-0.2, 0) is 21.5 Å². The van der Waals surface area contributed by atoms with Gasteiger partial charge >= 0.3 is 21.6 Å². The van der Waals surface area contributed by atoms with Crippen LogP contribution in [0, 0.1) is 0 Å². The quantitative estimate of drug-likeness (QED) is 0.406. The van der Waals surface area contributed by atoms with E-state index in [-0.39, 0.29) is 18.8 Å². The summed E-state index contributed by atoms with van der Waals surface area (Å²) in [5.41, 5.74) is -4.26. The Morgan fingerprint density at radius 3 is 2.74 bits per heavy atom. The first kappa shape index (κ1) is 26.4. The number of halogens is 3. The molecule has 0 aliphatic carbocycles. The third-order valence-corrected chi connectivity index (χ3v) is 8.58. The molecule has 3 rings (SSSR count). The van der Waals surface area contributed by atoms with Gasteiger partial charge in [0.15, 0.2) is 11.5 Å². The fourth-order valence-corrected chi connectivity index (χ4v) is 5.22. The van der Waals surface area contributed by atoms with E-state index in [9.17, 15) is 26.4 Å². The molecule has 1 saturated heterocycles. The smallest absolute Gasteiger partial charge is 0.361 e. The third kappa shape index (κ3) is 6.67. The molecule has 2 amide bonds. The Balaban J connectivity index is 1.56. The number of ether oxygens (including phenoxy) is 1. The lowest BCUT2D eigenvalue weighted by Crippen LogP contribution is -2.53. The Morgan fingerprint density at radius 1 is 1.32 bits per heavy atom. The zero-order valence-electron chi connectivity index (χ0n) is 19.2. The Labute approximate surface area is 196 Å². The van der Waals surface area contributed by atoms with Gasteiger partial charge in [-0.1, -0.05) is 19.6 Å². The van der Waals surface area contributed by atoms with Crippen molar-refractivity contribution >= 4 is 41.1 Å². The van der Waals surface area contributed by atoms with Gasteiger partial charge in [0, 0.05) is 40.0 Å². The number of nitrogens with one attached hydrogen (secondary N) is 2. The summed E-state index contributed by atoms with van der Waals surface area (Å²) in [5.74, 6) is 0.151. The van der Waals surface area contributed by atoms with E-state index in [0.717, 1.165) is 6.04 Å². The first-order valence-corrected chi connectivity index (χ1v) is 15.9. The van der Waals surface area contributed by atoms with Gasteiger partial charge < -0.3 is 14.6 Å². The number of nitrogens with zero attached hydrogens (tertiary/aromatic N) is 4. The van der Waals surface area contributed by atoms with E-state index in [1.807, 2.05) is 0 Å². The Kier molecular flexibility index (Phi) is 7.89. The molecule has 10 nitrogen and oxygen atoms in total. The van der Waals surface area contributed by atoms with Crippen molar-refractivity contribution in [2.45, 2.75) is 56.8 Å². The average Bonchev–Trinajstić information content (AvgIpc) is 3.12. The van der Waals surface area contributed by atoms with Crippen LogP contribution in [0.2, 0.25) is 25.7 Å². The van der Waals surface area contributed by atoms with Crippen LogP contribution >= 0.6 is 0 Å². The van der Waals surface area contributed by atoms with Crippen molar-refractivity contribution in [2.75, 3.05) is 25.0 Å². The number of amides is 2. The van der Waals surface area contributed by atoms with Crippen molar-refractivity contribution in [3.63, 3.8) is 0 Å². The molecule has 0 bridgehead atoms. The minimum atomic E-state index is -5.44. The maximum Gasteiger partial charge on any atom is 0.511 e. The highest BCUT2D eigenvalue weighted by Crippen LogP contribution is 2.29. The summed E-state index contributed by atoms with van der Waals surface area (Å²) in [4.78, 5) is 21.0. The minimum absolute atomic E-state index is 0.151. The van der Waals surface area contributed by atoms with E-state index in [1.54, 1.807) is 16.8 Å². The van der Waals surface area contributed by atoms with Gasteiger partial charge in [-0.3, -0.25) is 5.32 Å². The van der Waals surface area contributed by atoms with Crippen LogP contribution in [0.1, 0.15) is 12.8 Å². The minimum Gasteiger partial charge on any atom is -0.361 e. The number of alkyl halides is 3. The first-order valence-electron chi connectivity index (χ1n) is 10.8. The summed E-state index contributed by atoms with van der Waals surface area (Å²) >= 11 is 0. The summed E-state index contributed by atoms with van der Waals surface area (Å²) in [6.07, 6.45) is 3.69. The maximum atomic E-state index is 12.8. The second-order valence-corrected chi connectivity index (χ2v) is 16.9. The molecule has 2 aromatic rings. The van der Waals surface area contributed by atoms with Crippen molar-refractivity contribution in [3.05, 3.63) is 18.5 Å². The van der Waals surface area contributed by atoms with Crippen LogP contribution in [0.3, 0.4) is 0 Å². The normalized spacial score (nSPS) is 18.2. The molecule has 3 heterocycles. The third-order valence-electron chi connectivity index (χ3n) is 5.28. The number of carbonyl (C=O) groups is 1. The number of hydrogen-bond acceptors (Lipinski definition) is 6. The standard InChI is InChI=1S/C19H29F3N6O4SSi/c1-34(2,3)10-9-32-13-27-8-6-15-17(27)23-11-16(25-15)26-18(29)24-14-5-4-7-28(12-14)33(30,31)19(20,21)22/h6,8,11,14H,4-5,7,9-10,12-13H2,1-3H3,(H2,24,25,26,29). The van der Waals surface area contributed by atoms with Crippen LogP contribution in [-0.4, -0.2) is 72.6 Å². The lowest BCUT2D eigenvalue weighted by molar-refractivity contribution is -0.0495. The fourth-order valence-electron chi connectivity index (χ4n) is 3.43. The van der Waals surface area contributed by atoms with Gasteiger partial charge in [-0.05, 0) is 25.0 Å². The van der Waals surface area contributed by atoms with Crippen LogP contribution in [0.25, 0.3) is 11.2 Å². The molecular weight excluding hydrogens is 493 g/mol. The second kappa shape index (κ2) is 10.2. The van der Waals surface area contributed by atoms with Gasteiger partial charge in [0.2, 0.25) is 0 Å². The van der Waals surface area contributed by atoms with Crippen LogP contribution < -0.4 is 10.6 Å². The molecule has 1 aliphatic rings.